The predicted molar refractivity (Wildman–Crippen MR) is 145 cm³/mol. The van der Waals surface area contributed by atoms with Gasteiger partial charge in [-0.25, -0.2) is 9.50 Å². The Morgan fingerprint density at radius 2 is 1.81 bits per heavy atom. The van der Waals surface area contributed by atoms with Gasteiger partial charge in [-0.1, -0.05) is 56.0 Å². The van der Waals surface area contributed by atoms with Crippen LogP contribution in [0.2, 0.25) is 0 Å². The lowest BCUT2D eigenvalue weighted by Gasteiger charge is -2.21. The van der Waals surface area contributed by atoms with Crippen molar-refractivity contribution in [1.82, 2.24) is 24.5 Å². The molecule has 1 amide bonds. The third-order valence-corrected chi connectivity index (χ3v) is 6.17. The molecule has 5 rings (SSSR count). The molecule has 0 unspecified atom stereocenters. The number of para-hydroxylation sites is 1. The first-order valence-corrected chi connectivity index (χ1v) is 12.2. The summed E-state index contributed by atoms with van der Waals surface area (Å²) in [5, 5.41) is 8.80. The van der Waals surface area contributed by atoms with Gasteiger partial charge in [-0.3, -0.25) is 14.2 Å². The zero-order valence-corrected chi connectivity index (χ0v) is 21.2. The molecule has 1 N–H and O–H groups in total. The van der Waals surface area contributed by atoms with Crippen LogP contribution < -0.4 is 10.9 Å². The second-order valence-corrected chi connectivity index (χ2v) is 9.28. The number of hydrogen-bond donors (Lipinski definition) is 1. The van der Waals surface area contributed by atoms with Gasteiger partial charge in [0.15, 0.2) is 5.65 Å². The number of fused-ring (bicyclic) bond motifs is 2. The van der Waals surface area contributed by atoms with E-state index in [0.29, 0.717) is 39.2 Å². The van der Waals surface area contributed by atoms with Crippen LogP contribution in [0.3, 0.4) is 0 Å². The summed E-state index contributed by atoms with van der Waals surface area (Å²) in [5.74, 6) is 6.23. The first-order chi connectivity index (χ1) is 17.8. The molecule has 3 heterocycles. The quantitative estimate of drug-likeness (QED) is 0.366. The molecular weight excluding hydrogens is 462 g/mol. The maximum Gasteiger partial charge on any atom is 0.264 e. The summed E-state index contributed by atoms with van der Waals surface area (Å²) in [6.07, 6.45) is 3.39. The predicted octanol–water partition coefficient (Wildman–Crippen LogP) is 4.84. The van der Waals surface area contributed by atoms with E-state index in [1.165, 1.54) is 0 Å². The molecule has 37 heavy (non-hydrogen) atoms. The first-order valence-electron chi connectivity index (χ1n) is 12.2. The maximum atomic E-state index is 14.0. The van der Waals surface area contributed by atoms with Crippen LogP contribution in [0.1, 0.15) is 54.1 Å². The monoisotopic (exact) mass is 489 g/mol. The van der Waals surface area contributed by atoms with Crippen molar-refractivity contribution in [3.8, 4) is 17.5 Å². The molecule has 2 aromatic carbocycles. The minimum Gasteiger partial charge on any atom is -0.344 e. The standard InChI is InChI=1S/C30H27N5O2/c1-19(2)14-15-22-10-8-11-23-18-25(35(30(37)27(22)23)24-12-6-5-7-13-24)20(3)32-29(36)26-21(4)33-34-17-9-16-31-28(26)34/h5-13,16-20H,1-4H3,(H,32,36)/t20-/m0/s1. The number of carbonyl (C=O) groups excluding carboxylic acids is 1. The third kappa shape index (κ3) is 4.50. The fourth-order valence-corrected chi connectivity index (χ4v) is 4.48. The second kappa shape index (κ2) is 9.75. The Morgan fingerprint density at radius 1 is 1.03 bits per heavy atom. The van der Waals surface area contributed by atoms with Crippen LogP contribution >= 0.6 is 0 Å². The summed E-state index contributed by atoms with van der Waals surface area (Å²) in [6, 6.07) is 18.3. The molecule has 0 aliphatic rings. The van der Waals surface area contributed by atoms with E-state index >= 15 is 0 Å². The summed E-state index contributed by atoms with van der Waals surface area (Å²) < 4.78 is 3.25. The van der Waals surface area contributed by atoms with Crippen molar-refractivity contribution in [2.24, 2.45) is 5.92 Å². The molecule has 3 aromatic heterocycles. The molecular formula is C30H27N5O2. The number of nitrogens with one attached hydrogen (secondary N) is 1. The molecule has 7 heteroatoms. The van der Waals surface area contributed by atoms with Gasteiger partial charge < -0.3 is 5.32 Å². The number of rotatable bonds is 4. The van der Waals surface area contributed by atoms with Crippen molar-refractivity contribution in [2.45, 2.75) is 33.7 Å². The summed E-state index contributed by atoms with van der Waals surface area (Å²) in [7, 11) is 0. The Balaban J connectivity index is 1.66. The van der Waals surface area contributed by atoms with Crippen LogP contribution in [-0.2, 0) is 0 Å². The summed E-state index contributed by atoms with van der Waals surface area (Å²) >= 11 is 0. The van der Waals surface area contributed by atoms with Gasteiger partial charge in [-0.05, 0) is 49.6 Å². The molecule has 1 atom stereocenters. The van der Waals surface area contributed by atoms with Crippen molar-refractivity contribution in [3.63, 3.8) is 0 Å². The molecule has 0 aliphatic heterocycles. The highest BCUT2D eigenvalue weighted by atomic mass is 16.2. The zero-order valence-electron chi connectivity index (χ0n) is 21.2. The molecule has 0 fully saturated rings. The van der Waals surface area contributed by atoms with Crippen molar-refractivity contribution in [1.29, 1.82) is 0 Å². The number of aryl methyl sites for hydroxylation is 1. The second-order valence-electron chi connectivity index (χ2n) is 9.28. The van der Waals surface area contributed by atoms with Crippen molar-refractivity contribution in [2.75, 3.05) is 0 Å². The number of aromatic nitrogens is 4. The average Bonchev–Trinajstić information content (AvgIpc) is 3.23. The van der Waals surface area contributed by atoms with E-state index in [2.05, 4.69) is 27.2 Å². The van der Waals surface area contributed by atoms with E-state index in [9.17, 15) is 9.59 Å². The van der Waals surface area contributed by atoms with Gasteiger partial charge in [0.1, 0.15) is 5.56 Å². The van der Waals surface area contributed by atoms with Gasteiger partial charge in [0.25, 0.3) is 11.5 Å². The normalized spacial score (nSPS) is 11.9. The Hall–Kier alpha value is -4.70. The van der Waals surface area contributed by atoms with Crippen molar-refractivity contribution >= 4 is 22.3 Å². The Labute approximate surface area is 214 Å². The first kappa shape index (κ1) is 24.0. The third-order valence-electron chi connectivity index (χ3n) is 6.17. The highest BCUT2D eigenvalue weighted by molar-refractivity contribution is 6.01. The van der Waals surface area contributed by atoms with E-state index in [1.807, 2.05) is 75.4 Å². The zero-order chi connectivity index (χ0) is 26.1. The van der Waals surface area contributed by atoms with Crippen LogP contribution in [0.25, 0.3) is 22.1 Å². The molecule has 5 aromatic rings. The van der Waals surface area contributed by atoms with Gasteiger partial charge >= 0.3 is 0 Å². The Bertz CT molecular complexity index is 1750. The fourth-order valence-electron chi connectivity index (χ4n) is 4.48. The van der Waals surface area contributed by atoms with Crippen molar-refractivity contribution < 1.29 is 4.79 Å². The lowest BCUT2D eigenvalue weighted by Crippen LogP contribution is -2.32. The van der Waals surface area contributed by atoms with Crippen molar-refractivity contribution in [3.05, 3.63) is 106 Å². The summed E-state index contributed by atoms with van der Waals surface area (Å²) in [4.78, 5) is 31.8. The van der Waals surface area contributed by atoms with Gasteiger partial charge in [-0.2, -0.15) is 5.10 Å². The van der Waals surface area contributed by atoms with Gasteiger partial charge in [0.05, 0.1) is 17.1 Å². The summed E-state index contributed by atoms with van der Waals surface area (Å²) in [5.41, 5.74) is 3.36. The van der Waals surface area contributed by atoms with Crippen LogP contribution in [0, 0.1) is 24.7 Å². The molecule has 0 radical (unpaired) electrons. The molecule has 184 valence electrons. The number of nitrogens with zero attached hydrogens (tertiary/aromatic N) is 4. The van der Waals surface area contributed by atoms with Gasteiger partial charge in [-0.15, -0.1) is 0 Å². The minimum atomic E-state index is -0.492. The molecule has 0 bridgehead atoms. The smallest absolute Gasteiger partial charge is 0.264 e. The Kier molecular flexibility index (Phi) is 6.33. The maximum absolute atomic E-state index is 14.0. The van der Waals surface area contributed by atoms with E-state index in [0.717, 1.165) is 5.39 Å². The van der Waals surface area contributed by atoms with Crippen LogP contribution in [0.4, 0.5) is 0 Å². The van der Waals surface area contributed by atoms with E-state index in [4.69, 9.17) is 0 Å². The molecule has 0 saturated carbocycles. The largest absolute Gasteiger partial charge is 0.344 e. The Morgan fingerprint density at radius 3 is 2.57 bits per heavy atom. The average molecular weight is 490 g/mol. The van der Waals surface area contributed by atoms with E-state index in [-0.39, 0.29) is 17.4 Å². The SMILES string of the molecule is Cc1nn2cccnc2c1C(=O)N[C@@H](C)c1cc2cccc(C#CC(C)C)c2c(=O)n1-c1ccccc1. The van der Waals surface area contributed by atoms with E-state index < -0.39 is 6.04 Å². The number of pyridine rings is 1. The summed E-state index contributed by atoms with van der Waals surface area (Å²) in [6.45, 7) is 7.69. The van der Waals surface area contributed by atoms with E-state index in [1.54, 1.807) is 34.5 Å². The lowest BCUT2D eigenvalue weighted by molar-refractivity contribution is 0.0939. The lowest BCUT2D eigenvalue weighted by atomic mass is 10.0. The molecule has 0 aliphatic carbocycles. The topological polar surface area (TPSA) is 81.3 Å². The molecule has 0 saturated heterocycles. The number of hydrogen-bond acceptors (Lipinski definition) is 4. The van der Waals surface area contributed by atoms with Crippen LogP contribution in [0.5, 0.6) is 0 Å². The minimum absolute atomic E-state index is 0.178. The highest BCUT2D eigenvalue weighted by Gasteiger charge is 2.23. The van der Waals surface area contributed by atoms with Crippen LogP contribution in [0.15, 0.2) is 77.9 Å². The highest BCUT2D eigenvalue weighted by Crippen LogP contribution is 2.24. The number of benzene rings is 2. The molecule has 0 spiro atoms. The number of amides is 1. The fraction of sp³-hybridized carbons (Fsp3) is 0.200. The van der Waals surface area contributed by atoms with Gasteiger partial charge in [0, 0.05) is 35.3 Å². The van der Waals surface area contributed by atoms with Crippen LogP contribution in [-0.4, -0.2) is 25.1 Å². The molecule has 7 nitrogen and oxygen atoms in total. The number of carbonyl (C=O) groups is 1. The van der Waals surface area contributed by atoms with Gasteiger partial charge in [0.2, 0.25) is 0 Å².